The third-order valence-corrected chi connectivity index (χ3v) is 6.04. The van der Waals surface area contributed by atoms with Crippen LogP contribution in [0.25, 0.3) is 6.08 Å². The summed E-state index contributed by atoms with van der Waals surface area (Å²) in [6, 6.07) is 13.7. The van der Waals surface area contributed by atoms with E-state index in [9.17, 15) is 9.59 Å². The van der Waals surface area contributed by atoms with Crippen LogP contribution in [0.15, 0.2) is 51.8 Å². The zero-order valence-corrected chi connectivity index (χ0v) is 19.4. The highest BCUT2D eigenvalue weighted by Gasteiger charge is 2.34. The van der Waals surface area contributed by atoms with E-state index in [2.05, 4.69) is 15.9 Å². The van der Waals surface area contributed by atoms with Crippen LogP contribution in [0.5, 0.6) is 11.5 Å². The molecule has 0 N–H and O–H groups in total. The number of ether oxygens (including phenoxy) is 2. The Labute approximate surface area is 189 Å². The third-order valence-electron chi connectivity index (χ3n) is 4.51. The third kappa shape index (κ3) is 5.46. The van der Waals surface area contributed by atoms with Gasteiger partial charge in [-0.25, -0.2) is 0 Å². The van der Waals surface area contributed by atoms with Gasteiger partial charge in [0.15, 0.2) is 0 Å². The van der Waals surface area contributed by atoms with Crippen molar-refractivity contribution in [2.75, 3.05) is 19.8 Å². The SMILES string of the molecule is CCOc1cc(OCC)c(/C=C2/SC(=O)N(CCCc3ccccc3)C2=O)cc1Br. The number of thioether (sulfide) groups is 1. The van der Waals surface area contributed by atoms with Gasteiger partial charge in [-0.2, -0.15) is 0 Å². The summed E-state index contributed by atoms with van der Waals surface area (Å²) in [5.74, 6) is 1.03. The molecule has 2 aromatic carbocycles. The van der Waals surface area contributed by atoms with Crippen molar-refractivity contribution < 1.29 is 19.1 Å². The minimum Gasteiger partial charge on any atom is -0.493 e. The average molecular weight is 490 g/mol. The van der Waals surface area contributed by atoms with Gasteiger partial charge in [0.05, 0.1) is 22.6 Å². The van der Waals surface area contributed by atoms with Crippen LogP contribution in [0.3, 0.4) is 0 Å². The van der Waals surface area contributed by atoms with Gasteiger partial charge in [-0.3, -0.25) is 14.5 Å². The van der Waals surface area contributed by atoms with Gasteiger partial charge >= 0.3 is 0 Å². The number of amides is 2. The lowest BCUT2D eigenvalue weighted by Crippen LogP contribution is -2.29. The number of hydrogen-bond donors (Lipinski definition) is 0. The average Bonchev–Trinajstić information content (AvgIpc) is 2.99. The Hall–Kier alpha value is -2.25. The van der Waals surface area contributed by atoms with Gasteiger partial charge in [-0.05, 0) is 72.1 Å². The molecule has 1 aliphatic heterocycles. The number of carbonyl (C=O) groups is 2. The second-order valence-corrected chi connectivity index (χ2v) is 8.46. The number of aryl methyl sites for hydroxylation is 1. The molecule has 0 spiro atoms. The van der Waals surface area contributed by atoms with Crippen LogP contribution in [-0.4, -0.2) is 35.8 Å². The number of halogens is 1. The van der Waals surface area contributed by atoms with Crippen LogP contribution >= 0.6 is 27.7 Å². The maximum atomic E-state index is 12.8. The molecular weight excluding hydrogens is 466 g/mol. The minimum atomic E-state index is -0.259. The summed E-state index contributed by atoms with van der Waals surface area (Å²) in [5.41, 5.74) is 1.92. The van der Waals surface area contributed by atoms with Crippen LogP contribution in [0.1, 0.15) is 31.4 Å². The van der Waals surface area contributed by atoms with Crippen molar-refractivity contribution >= 4 is 44.9 Å². The summed E-state index contributed by atoms with van der Waals surface area (Å²) >= 11 is 4.47. The topological polar surface area (TPSA) is 55.8 Å². The summed E-state index contributed by atoms with van der Waals surface area (Å²) in [7, 11) is 0. The maximum absolute atomic E-state index is 12.8. The van der Waals surface area contributed by atoms with Gasteiger partial charge < -0.3 is 9.47 Å². The monoisotopic (exact) mass is 489 g/mol. The Kier molecular flexibility index (Phi) is 7.99. The Bertz CT molecular complexity index is 946. The van der Waals surface area contributed by atoms with E-state index in [4.69, 9.17) is 9.47 Å². The number of hydrogen-bond acceptors (Lipinski definition) is 5. The fourth-order valence-corrected chi connectivity index (χ4v) is 4.46. The lowest BCUT2D eigenvalue weighted by Gasteiger charge is -2.13. The molecule has 30 heavy (non-hydrogen) atoms. The van der Waals surface area contributed by atoms with Crippen LogP contribution in [0.4, 0.5) is 4.79 Å². The summed E-state index contributed by atoms with van der Waals surface area (Å²) in [5, 5.41) is -0.234. The van der Waals surface area contributed by atoms with Gasteiger partial charge in [0.25, 0.3) is 11.1 Å². The lowest BCUT2D eigenvalue weighted by atomic mass is 10.1. The highest BCUT2D eigenvalue weighted by Crippen LogP contribution is 2.38. The second kappa shape index (κ2) is 10.7. The first-order valence-corrected chi connectivity index (χ1v) is 11.5. The van der Waals surface area contributed by atoms with Crippen molar-refractivity contribution in [2.24, 2.45) is 0 Å². The molecule has 1 aliphatic rings. The molecule has 2 amide bonds. The summed E-state index contributed by atoms with van der Waals surface area (Å²) in [6.07, 6.45) is 3.27. The molecule has 7 heteroatoms. The molecule has 0 aromatic heterocycles. The van der Waals surface area contributed by atoms with Crippen molar-refractivity contribution in [1.82, 2.24) is 4.90 Å². The molecule has 0 bridgehead atoms. The Morgan fingerprint density at radius 1 is 1.03 bits per heavy atom. The number of imide groups is 1. The van der Waals surface area contributed by atoms with Crippen LogP contribution in [0, 0.1) is 0 Å². The molecule has 1 heterocycles. The summed E-state index contributed by atoms with van der Waals surface area (Å²) in [4.78, 5) is 27.0. The van der Waals surface area contributed by atoms with Crippen molar-refractivity contribution in [3.05, 3.63) is 63.0 Å². The number of benzene rings is 2. The van der Waals surface area contributed by atoms with E-state index in [1.807, 2.05) is 50.2 Å². The van der Waals surface area contributed by atoms with E-state index in [0.29, 0.717) is 36.2 Å². The summed E-state index contributed by atoms with van der Waals surface area (Å²) < 4.78 is 12.1. The van der Waals surface area contributed by atoms with E-state index in [-0.39, 0.29) is 11.1 Å². The van der Waals surface area contributed by atoms with E-state index in [1.54, 1.807) is 12.1 Å². The van der Waals surface area contributed by atoms with Gasteiger partial charge in [-0.1, -0.05) is 30.3 Å². The molecular formula is C23H24BrNO4S. The highest BCUT2D eigenvalue weighted by molar-refractivity contribution is 9.10. The lowest BCUT2D eigenvalue weighted by molar-refractivity contribution is -0.122. The van der Waals surface area contributed by atoms with Crippen molar-refractivity contribution in [2.45, 2.75) is 26.7 Å². The predicted molar refractivity (Wildman–Crippen MR) is 124 cm³/mol. The first kappa shape index (κ1) is 22.4. The fourth-order valence-electron chi connectivity index (χ4n) is 3.13. The number of carbonyl (C=O) groups excluding carboxylic acids is 2. The van der Waals surface area contributed by atoms with Gasteiger partial charge in [0, 0.05) is 18.2 Å². The Morgan fingerprint density at radius 3 is 2.43 bits per heavy atom. The standard InChI is InChI=1S/C23H24BrNO4S/c1-3-28-19-15-20(29-4-2)18(24)13-17(19)14-21-22(26)25(23(27)30-21)12-8-11-16-9-6-5-7-10-16/h5-7,9-10,13-15H,3-4,8,11-12H2,1-2H3/b21-14+. The fraction of sp³-hybridized carbons (Fsp3) is 0.304. The molecule has 0 atom stereocenters. The van der Waals surface area contributed by atoms with Crippen LogP contribution < -0.4 is 9.47 Å². The van der Waals surface area contributed by atoms with Crippen LogP contribution in [-0.2, 0) is 11.2 Å². The predicted octanol–water partition coefficient (Wildman–Crippen LogP) is 5.92. The summed E-state index contributed by atoms with van der Waals surface area (Å²) in [6.45, 7) is 5.23. The smallest absolute Gasteiger partial charge is 0.293 e. The quantitative estimate of drug-likeness (QED) is 0.409. The normalized spacial score (nSPS) is 15.2. The largest absolute Gasteiger partial charge is 0.493 e. The zero-order valence-electron chi connectivity index (χ0n) is 17.0. The van der Waals surface area contributed by atoms with Gasteiger partial charge in [0.2, 0.25) is 0 Å². The number of nitrogens with zero attached hydrogens (tertiary/aromatic N) is 1. The maximum Gasteiger partial charge on any atom is 0.293 e. The molecule has 2 aromatic rings. The molecule has 1 saturated heterocycles. The van der Waals surface area contributed by atoms with E-state index >= 15 is 0 Å². The molecule has 158 valence electrons. The molecule has 1 fully saturated rings. The molecule has 0 radical (unpaired) electrons. The van der Waals surface area contributed by atoms with Gasteiger partial charge in [-0.15, -0.1) is 0 Å². The van der Waals surface area contributed by atoms with E-state index in [0.717, 1.165) is 34.6 Å². The van der Waals surface area contributed by atoms with Crippen molar-refractivity contribution in [1.29, 1.82) is 0 Å². The zero-order chi connectivity index (χ0) is 21.5. The van der Waals surface area contributed by atoms with E-state index < -0.39 is 0 Å². The molecule has 0 unspecified atom stereocenters. The second-order valence-electron chi connectivity index (χ2n) is 6.61. The van der Waals surface area contributed by atoms with Crippen molar-refractivity contribution in [3.8, 4) is 11.5 Å². The van der Waals surface area contributed by atoms with Crippen molar-refractivity contribution in [3.63, 3.8) is 0 Å². The minimum absolute atomic E-state index is 0.234. The van der Waals surface area contributed by atoms with Gasteiger partial charge in [0.1, 0.15) is 11.5 Å². The Morgan fingerprint density at radius 2 is 1.73 bits per heavy atom. The highest BCUT2D eigenvalue weighted by atomic mass is 79.9. The van der Waals surface area contributed by atoms with Crippen LogP contribution in [0.2, 0.25) is 0 Å². The molecule has 3 rings (SSSR count). The first-order valence-electron chi connectivity index (χ1n) is 9.92. The molecule has 0 aliphatic carbocycles. The number of rotatable bonds is 9. The molecule has 5 nitrogen and oxygen atoms in total. The van der Waals surface area contributed by atoms with E-state index in [1.165, 1.54) is 10.5 Å². The first-order chi connectivity index (χ1) is 14.5. The molecule has 0 saturated carbocycles. The Balaban J connectivity index is 1.75.